The number of nitrogens with zero attached hydrogens (tertiary/aromatic N) is 2. The van der Waals surface area contributed by atoms with Gasteiger partial charge in [-0.1, -0.05) is 30.1 Å². The number of hydrogen-bond donors (Lipinski definition) is 1. The third-order valence-electron chi connectivity index (χ3n) is 3.63. The van der Waals surface area contributed by atoms with Gasteiger partial charge >= 0.3 is 0 Å². The summed E-state index contributed by atoms with van der Waals surface area (Å²) in [5.41, 5.74) is 0.393. The van der Waals surface area contributed by atoms with Crippen LogP contribution in [0.25, 0.3) is 0 Å². The molecule has 1 N–H and O–H groups in total. The quantitative estimate of drug-likeness (QED) is 0.665. The molecule has 1 aliphatic rings. The monoisotopic (exact) mass is 317 g/mol. The molecule has 0 saturated carbocycles. The fourth-order valence-electron chi connectivity index (χ4n) is 2.45. The van der Waals surface area contributed by atoms with Gasteiger partial charge in [0, 0.05) is 19.2 Å². The van der Waals surface area contributed by atoms with E-state index >= 15 is 0 Å². The van der Waals surface area contributed by atoms with Crippen LogP contribution in [-0.4, -0.2) is 36.0 Å². The van der Waals surface area contributed by atoms with Crippen LogP contribution in [0.4, 0.5) is 11.4 Å². The Balaban J connectivity index is 2.05. The van der Waals surface area contributed by atoms with Crippen LogP contribution < -0.4 is 5.32 Å². The van der Waals surface area contributed by atoms with Gasteiger partial charge in [0.05, 0.1) is 15.0 Å². The van der Waals surface area contributed by atoms with Gasteiger partial charge in [0.15, 0.2) is 0 Å². The van der Waals surface area contributed by atoms with Crippen molar-refractivity contribution >= 4 is 34.6 Å². The van der Waals surface area contributed by atoms with Crippen LogP contribution in [0, 0.1) is 16.0 Å². The van der Waals surface area contributed by atoms with Crippen molar-refractivity contribution < 1.29 is 4.92 Å². The minimum atomic E-state index is -0.447. The Hall–Kier alpha value is -1.04. The number of nitro benzene ring substituents is 1. The molecule has 0 bridgehead atoms. The molecule has 0 amide bonds. The highest BCUT2D eigenvalue weighted by molar-refractivity contribution is 6.42. The lowest BCUT2D eigenvalue weighted by Gasteiger charge is -2.14. The first kappa shape index (κ1) is 15.4. The Morgan fingerprint density at radius 3 is 2.75 bits per heavy atom. The molecule has 0 radical (unpaired) electrons. The van der Waals surface area contributed by atoms with E-state index in [0.717, 1.165) is 26.1 Å². The van der Waals surface area contributed by atoms with Crippen molar-refractivity contribution in [2.75, 3.05) is 31.5 Å². The highest BCUT2D eigenvalue weighted by Crippen LogP contribution is 2.34. The molecule has 2 rings (SSSR count). The van der Waals surface area contributed by atoms with Crippen LogP contribution in [0.2, 0.25) is 10.0 Å². The molecule has 1 atom stereocenters. The van der Waals surface area contributed by atoms with Crippen molar-refractivity contribution in [3.63, 3.8) is 0 Å². The number of hydrogen-bond acceptors (Lipinski definition) is 4. The normalized spacial score (nSPS) is 19.2. The minimum absolute atomic E-state index is 0.0373. The summed E-state index contributed by atoms with van der Waals surface area (Å²) in [6, 6.07) is 2.81. The Morgan fingerprint density at radius 1 is 1.45 bits per heavy atom. The lowest BCUT2D eigenvalue weighted by molar-refractivity contribution is -0.383. The van der Waals surface area contributed by atoms with Gasteiger partial charge in [-0.25, -0.2) is 0 Å². The van der Waals surface area contributed by atoms with Gasteiger partial charge in [0.25, 0.3) is 5.69 Å². The van der Waals surface area contributed by atoms with Gasteiger partial charge in [-0.05, 0) is 31.5 Å². The van der Waals surface area contributed by atoms with E-state index in [9.17, 15) is 10.1 Å². The molecule has 0 aliphatic carbocycles. The van der Waals surface area contributed by atoms with Crippen molar-refractivity contribution in [2.24, 2.45) is 5.92 Å². The lowest BCUT2D eigenvalue weighted by Crippen LogP contribution is -2.22. The minimum Gasteiger partial charge on any atom is -0.379 e. The van der Waals surface area contributed by atoms with Crippen LogP contribution in [0.5, 0.6) is 0 Å². The molecular formula is C13H17Cl2N3O2. The van der Waals surface area contributed by atoms with Crippen molar-refractivity contribution in [1.82, 2.24) is 4.90 Å². The molecule has 1 aromatic rings. The SMILES string of the molecule is CCN1CCC(CNc2cc(Cl)c(Cl)cc2[N+](=O)[O-])C1. The van der Waals surface area contributed by atoms with Crippen molar-refractivity contribution in [3.05, 3.63) is 32.3 Å². The van der Waals surface area contributed by atoms with Crippen molar-refractivity contribution in [1.29, 1.82) is 0 Å². The van der Waals surface area contributed by atoms with E-state index in [-0.39, 0.29) is 10.7 Å². The van der Waals surface area contributed by atoms with Crippen LogP contribution in [0.3, 0.4) is 0 Å². The second-order valence-electron chi connectivity index (χ2n) is 4.97. The highest BCUT2D eigenvalue weighted by atomic mass is 35.5. The number of nitro groups is 1. The van der Waals surface area contributed by atoms with Crippen LogP contribution in [0.1, 0.15) is 13.3 Å². The Bertz CT molecular complexity index is 511. The van der Waals surface area contributed by atoms with Crippen LogP contribution >= 0.6 is 23.2 Å². The predicted molar refractivity (Wildman–Crippen MR) is 81.8 cm³/mol. The summed E-state index contributed by atoms with van der Waals surface area (Å²) in [6.07, 6.45) is 1.11. The van der Waals surface area contributed by atoms with Gasteiger partial charge < -0.3 is 10.2 Å². The maximum atomic E-state index is 11.0. The number of anilines is 1. The highest BCUT2D eigenvalue weighted by Gasteiger charge is 2.22. The predicted octanol–water partition coefficient (Wildman–Crippen LogP) is 3.66. The maximum absolute atomic E-state index is 11.0. The first-order valence-corrected chi connectivity index (χ1v) is 7.36. The van der Waals surface area contributed by atoms with E-state index in [4.69, 9.17) is 23.2 Å². The molecule has 7 heteroatoms. The molecule has 1 heterocycles. The third kappa shape index (κ3) is 3.53. The largest absolute Gasteiger partial charge is 0.379 e. The average molecular weight is 318 g/mol. The first-order valence-electron chi connectivity index (χ1n) is 6.61. The van der Waals surface area contributed by atoms with Gasteiger partial charge in [0.2, 0.25) is 0 Å². The number of benzene rings is 1. The molecule has 110 valence electrons. The summed E-state index contributed by atoms with van der Waals surface area (Å²) in [5.74, 6) is 0.504. The average Bonchev–Trinajstić information content (AvgIpc) is 2.87. The topological polar surface area (TPSA) is 58.4 Å². The smallest absolute Gasteiger partial charge is 0.293 e. The van der Waals surface area contributed by atoms with Crippen molar-refractivity contribution in [2.45, 2.75) is 13.3 Å². The number of rotatable bonds is 5. The van der Waals surface area contributed by atoms with E-state index in [1.807, 2.05) is 0 Å². The molecule has 1 unspecified atom stereocenters. The van der Waals surface area contributed by atoms with E-state index < -0.39 is 4.92 Å². The molecule has 1 aromatic carbocycles. The molecule has 0 aromatic heterocycles. The summed E-state index contributed by atoms with van der Waals surface area (Å²) in [4.78, 5) is 13.0. The summed E-state index contributed by atoms with van der Waals surface area (Å²) in [7, 11) is 0. The van der Waals surface area contributed by atoms with Gasteiger partial charge in [-0.15, -0.1) is 0 Å². The molecule has 1 fully saturated rings. The zero-order valence-corrected chi connectivity index (χ0v) is 12.7. The summed E-state index contributed by atoms with van der Waals surface area (Å²) >= 11 is 11.8. The molecule has 1 aliphatic heterocycles. The van der Waals surface area contributed by atoms with E-state index in [0.29, 0.717) is 23.2 Å². The van der Waals surface area contributed by atoms with Crippen molar-refractivity contribution in [3.8, 4) is 0 Å². The van der Waals surface area contributed by atoms with E-state index in [2.05, 4.69) is 17.1 Å². The molecule has 0 spiro atoms. The van der Waals surface area contributed by atoms with Gasteiger partial charge in [-0.3, -0.25) is 10.1 Å². The second-order valence-corrected chi connectivity index (χ2v) is 5.78. The number of likely N-dealkylation sites (tertiary alicyclic amines) is 1. The third-order valence-corrected chi connectivity index (χ3v) is 4.36. The second kappa shape index (κ2) is 6.61. The molecule has 20 heavy (non-hydrogen) atoms. The van der Waals surface area contributed by atoms with Crippen LogP contribution in [0.15, 0.2) is 12.1 Å². The van der Waals surface area contributed by atoms with E-state index in [1.165, 1.54) is 12.1 Å². The summed E-state index contributed by atoms with van der Waals surface area (Å²) in [6.45, 7) is 6.00. The zero-order chi connectivity index (χ0) is 14.7. The molecule has 5 nitrogen and oxygen atoms in total. The van der Waals surface area contributed by atoms with E-state index in [1.54, 1.807) is 0 Å². The Kier molecular flexibility index (Phi) is 5.07. The number of halogens is 2. The fraction of sp³-hybridized carbons (Fsp3) is 0.538. The van der Waals surface area contributed by atoms with Crippen LogP contribution in [-0.2, 0) is 0 Å². The Labute approximate surface area is 128 Å². The molecular weight excluding hydrogens is 301 g/mol. The summed E-state index contributed by atoms with van der Waals surface area (Å²) < 4.78 is 0. The lowest BCUT2D eigenvalue weighted by atomic mass is 10.1. The maximum Gasteiger partial charge on any atom is 0.293 e. The van der Waals surface area contributed by atoms with Gasteiger partial charge in [0.1, 0.15) is 5.69 Å². The Morgan fingerprint density at radius 2 is 2.15 bits per heavy atom. The number of nitrogens with one attached hydrogen (secondary N) is 1. The zero-order valence-electron chi connectivity index (χ0n) is 11.2. The molecule has 1 saturated heterocycles. The standard InChI is InChI=1S/C13H17Cl2N3O2/c1-2-17-4-3-9(8-17)7-16-12-5-10(14)11(15)6-13(12)18(19)20/h5-6,9,16H,2-4,7-8H2,1H3. The van der Waals surface area contributed by atoms with Gasteiger partial charge in [-0.2, -0.15) is 0 Å². The summed E-state index contributed by atoms with van der Waals surface area (Å²) in [5, 5.41) is 14.7. The first-order chi connectivity index (χ1) is 9.51. The fourth-order valence-corrected chi connectivity index (χ4v) is 2.77.